The minimum absolute atomic E-state index is 0.637. The second kappa shape index (κ2) is 8.64. The van der Waals surface area contributed by atoms with Gasteiger partial charge in [-0.3, -0.25) is 14.5 Å². The third-order valence-corrected chi connectivity index (χ3v) is 5.01. The molecule has 3 aromatic rings. The smallest absolute Gasteiger partial charge is 0.204 e. The normalized spacial score (nSPS) is 14.9. The van der Waals surface area contributed by atoms with Gasteiger partial charge in [-0.2, -0.15) is 0 Å². The van der Waals surface area contributed by atoms with E-state index in [-0.39, 0.29) is 0 Å². The summed E-state index contributed by atoms with van der Waals surface area (Å²) in [7, 11) is 0. The topological polar surface area (TPSA) is 57.3 Å². The number of nitrogens with zero attached hydrogens (tertiary/aromatic N) is 5. The molecule has 4 rings (SSSR count). The van der Waals surface area contributed by atoms with Gasteiger partial charge in [0.05, 0.1) is 32.2 Å². The van der Waals surface area contributed by atoms with E-state index in [2.05, 4.69) is 9.88 Å². The molecule has 0 radical (unpaired) electrons. The highest BCUT2D eigenvalue weighted by Gasteiger charge is 2.17. The molecular weight excluding hydrogens is 374 g/mol. The molecule has 0 saturated carbocycles. The fraction of sp³-hybridized carbons (Fsp3) is 0.350. The molecule has 0 bridgehead atoms. The summed E-state index contributed by atoms with van der Waals surface area (Å²) < 4.78 is 15.5. The van der Waals surface area contributed by atoms with E-state index in [9.17, 15) is 0 Å². The summed E-state index contributed by atoms with van der Waals surface area (Å²) in [6.45, 7) is 6.49. The fourth-order valence-corrected chi connectivity index (χ4v) is 3.50. The lowest BCUT2D eigenvalue weighted by Gasteiger charge is -2.26. The number of morpholine rings is 1. The highest BCUT2D eigenvalue weighted by Crippen LogP contribution is 2.24. The number of pyridine rings is 1. The van der Waals surface area contributed by atoms with E-state index in [4.69, 9.17) is 26.8 Å². The monoisotopic (exact) mass is 397 g/mol. The number of rotatable bonds is 6. The molecule has 0 spiro atoms. The summed E-state index contributed by atoms with van der Waals surface area (Å²) in [5, 5.41) is 4.84. The van der Waals surface area contributed by atoms with Gasteiger partial charge in [0.1, 0.15) is 5.75 Å². The second-order valence-electron chi connectivity index (χ2n) is 6.48. The summed E-state index contributed by atoms with van der Waals surface area (Å²) in [5.41, 5.74) is 1.92. The van der Waals surface area contributed by atoms with Crippen LogP contribution in [0.15, 0.2) is 48.8 Å². The molecule has 1 aliphatic heterocycles. The summed E-state index contributed by atoms with van der Waals surface area (Å²) in [6.07, 6.45) is 3.53. The maximum atomic E-state index is 5.81. The molecule has 1 aliphatic rings. The Morgan fingerprint density at radius 2 is 1.79 bits per heavy atom. The lowest BCUT2D eigenvalue weighted by molar-refractivity contribution is 0.0210. The van der Waals surface area contributed by atoms with Gasteiger partial charge in [-0.25, -0.2) is 4.68 Å². The minimum atomic E-state index is 0.637. The van der Waals surface area contributed by atoms with E-state index in [0.717, 1.165) is 49.1 Å². The van der Waals surface area contributed by atoms with E-state index in [1.807, 2.05) is 52.6 Å². The Bertz CT molecular complexity index is 963. The molecule has 7 nitrogen and oxygen atoms in total. The van der Waals surface area contributed by atoms with Crippen molar-refractivity contribution in [3.63, 3.8) is 0 Å². The van der Waals surface area contributed by atoms with E-state index >= 15 is 0 Å². The third kappa shape index (κ3) is 3.99. The lowest BCUT2D eigenvalue weighted by Crippen LogP contribution is -2.37. The molecule has 8 heteroatoms. The van der Waals surface area contributed by atoms with Crippen LogP contribution in [0, 0.1) is 4.77 Å². The molecule has 28 heavy (non-hydrogen) atoms. The molecule has 2 aromatic heterocycles. The fourth-order valence-electron chi connectivity index (χ4n) is 3.21. The van der Waals surface area contributed by atoms with Crippen LogP contribution in [0.5, 0.6) is 5.75 Å². The average molecular weight is 398 g/mol. The van der Waals surface area contributed by atoms with Crippen LogP contribution in [0.4, 0.5) is 0 Å². The Morgan fingerprint density at radius 1 is 1.07 bits per heavy atom. The molecule has 3 heterocycles. The molecule has 1 aromatic carbocycles. The summed E-state index contributed by atoms with van der Waals surface area (Å²) in [6, 6.07) is 11.8. The lowest BCUT2D eigenvalue weighted by atomic mass is 10.2. The first kappa shape index (κ1) is 18.8. The van der Waals surface area contributed by atoms with Crippen molar-refractivity contribution in [1.82, 2.24) is 24.2 Å². The maximum absolute atomic E-state index is 5.81. The Labute approximate surface area is 169 Å². The second-order valence-corrected chi connectivity index (χ2v) is 6.84. The zero-order valence-electron chi connectivity index (χ0n) is 15.8. The highest BCUT2D eigenvalue weighted by molar-refractivity contribution is 7.71. The minimum Gasteiger partial charge on any atom is -0.494 e. The van der Waals surface area contributed by atoms with Gasteiger partial charge in [-0.05, 0) is 55.5 Å². The zero-order valence-corrected chi connectivity index (χ0v) is 16.6. The highest BCUT2D eigenvalue weighted by atomic mass is 32.1. The summed E-state index contributed by atoms with van der Waals surface area (Å²) in [4.78, 5) is 6.42. The van der Waals surface area contributed by atoms with Crippen LogP contribution in [-0.4, -0.2) is 57.1 Å². The Kier molecular flexibility index (Phi) is 5.80. The van der Waals surface area contributed by atoms with Crippen molar-refractivity contribution in [2.45, 2.75) is 13.6 Å². The number of aromatic nitrogens is 4. The van der Waals surface area contributed by atoms with Crippen molar-refractivity contribution >= 4 is 12.2 Å². The molecular formula is C20H23N5O2S. The van der Waals surface area contributed by atoms with E-state index in [1.165, 1.54) is 0 Å². The average Bonchev–Trinajstić information content (AvgIpc) is 3.06. The van der Waals surface area contributed by atoms with Crippen LogP contribution in [0.3, 0.4) is 0 Å². The standard InChI is InChI=1S/C20H23N5O2S/c1-2-27-18-5-3-17(4-6-18)25-19(16-7-9-21-10-8-16)22-24(20(25)28)15-23-11-13-26-14-12-23/h3-10H,2,11-15H2,1H3. The van der Waals surface area contributed by atoms with E-state index in [0.29, 0.717) is 18.0 Å². The third-order valence-electron chi connectivity index (χ3n) is 4.62. The van der Waals surface area contributed by atoms with E-state index in [1.54, 1.807) is 12.4 Å². The molecule has 1 saturated heterocycles. The van der Waals surface area contributed by atoms with Gasteiger partial charge in [0.15, 0.2) is 5.82 Å². The Hall–Kier alpha value is -2.55. The molecule has 0 N–H and O–H groups in total. The predicted octanol–water partition coefficient (Wildman–Crippen LogP) is 3.15. The molecule has 146 valence electrons. The Balaban J connectivity index is 1.75. The number of hydrogen-bond acceptors (Lipinski definition) is 6. The van der Waals surface area contributed by atoms with Gasteiger partial charge in [0, 0.05) is 31.0 Å². The van der Waals surface area contributed by atoms with Crippen molar-refractivity contribution in [2.75, 3.05) is 32.9 Å². The quantitative estimate of drug-likeness (QED) is 0.596. The van der Waals surface area contributed by atoms with Crippen LogP contribution in [0.2, 0.25) is 0 Å². The van der Waals surface area contributed by atoms with Gasteiger partial charge in [0.2, 0.25) is 4.77 Å². The summed E-state index contributed by atoms with van der Waals surface area (Å²) in [5.74, 6) is 1.63. The molecule has 0 unspecified atom stereocenters. The predicted molar refractivity (Wildman–Crippen MR) is 109 cm³/mol. The van der Waals surface area contributed by atoms with Crippen LogP contribution in [0.25, 0.3) is 17.1 Å². The van der Waals surface area contributed by atoms with Crippen molar-refractivity contribution in [2.24, 2.45) is 0 Å². The van der Waals surface area contributed by atoms with Gasteiger partial charge in [-0.1, -0.05) is 0 Å². The van der Waals surface area contributed by atoms with Crippen molar-refractivity contribution in [3.05, 3.63) is 53.6 Å². The van der Waals surface area contributed by atoms with Crippen molar-refractivity contribution in [1.29, 1.82) is 0 Å². The Morgan fingerprint density at radius 3 is 2.46 bits per heavy atom. The van der Waals surface area contributed by atoms with Crippen LogP contribution >= 0.6 is 12.2 Å². The number of hydrogen-bond donors (Lipinski definition) is 0. The number of benzene rings is 1. The van der Waals surface area contributed by atoms with Crippen LogP contribution in [-0.2, 0) is 11.4 Å². The first-order valence-corrected chi connectivity index (χ1v) is 9.80. The van der Waals surface area contributed by atoms with Gasteiger partial charge < -0.3 is 9.47 Å². The largest absolute Gasteiger partial charge is 0.494 e. The molecule has 0 amide bonds. The maximum Gasteiger partial charge on any atom is 0.204 e. The van der Waals surface area contributed by atoms with Crippen LogP contribution in [0.1, 0.15) is 6.92 Å². The van der Waals surface area contributed by atoms with Crippen molar-refractivity contribution < 1.29 is 9.47 Å². The van der Waals surface area contributed by atoms with Crippen molar-refractivity contribution in [3.8, 4) is 22.8 Å². The molecule has 0 aliphatic carbocycles. The molecule has 1 fully saturated rings. The van der Waals surface area contributed by atoms with Gasteiger partial charge >= 0.3 is 0 Å². The zero-order chi connectivity index (χ0) is 19.3. The summed E-state index contributed by atoms with van der Waals surface area (Å²) >= 11 is 5.81. The first-order valence-electron chi connectivity index (χ1n) is 9.40. The molecule has 0 atom stereocenters. The number of ether oxygens (including phenoxy) is 2. The van der Waals surface area contributed by atoms with Crippen LogP contribution < -0.4 is 4.74 Å². The first-order chi connectivity index (χ1) is 13.8. The van der Waals surface area contributed by atoms with E-state index < -0.39 is 0 Å². The van der Waals surface area contributed by atoms with Gasteiger partial charge in [-0.15, -0.1) is 5.10 Å². The SMILES string of the molecule is CCOc1ccc(-n2c(-c3ccncc3)nn(CN3CCOCC3)c2=S)cc1. The van der Waals surface area contributed by atoms with Gasteiger partial charge in [0.25, 0.3) is 0 Å².